The van der Waals surface area contributed by atoms with Gasteiger partial charge in [-0.3, -0.25) is 4.57 Å². The first-order chi connectivity index (χ1) is 8.54. The molecule has 0 bridgehead atoms. The van der Waals surface area contributed by atoms with E-state index in [0.29, 0.717) is 5.69 Å². The number of aromatic nitrogens is 3. The van der Waals surface area contributed by atoms with Crippen molar-refractivity contribution in [3.63, 3.8) is 0 Å². The summed E-state index contributed by atoms with van der Waals surface area (Å²) in [6.45, 7) is 0. The molecule has 0 aliphatic heterocycles. The van der Waals surface area contributed by atoms with E-state index in [2.05, 4.69) is 9.84 Å². The van der Waals surface area contributed by atoms with Crippen molar-refractivity contribution in [3.05, 3.63) is 40.6 Å². The summed E-state index contributed by atoms with van der Waals surface area (Å²) in [7, 11) is 2.85. The molecule has 7 nitrogen and oxygen atoms in total. The Morgan fingerprint density at radius 3 is 2.72 bits per heavy atom. The lowest BCUT2D eigenvalue weighted by Crippen LogP contribution is -2.21. The smallest absolute Gasteiger partial charge is 0.350 e. The first-order valence-corrected chi connectivity index (χ1v) is 5.13. The molecule has 0 aliphatic rings. The Hall–Kier alpha value is -2.57. The van der Waals surface area contributed by atoms with E-state index in [1.54, 1.807) is 13.1 Å². The largest absolute Gasteiger partial charge is 0.465 e. The molecule has 0 fully saturated rings. The number of methoxy groups -OCH3 is 1. The van der Waals surface area contributed by atoms with Gasteiger partial charge in [-0.15, -0.1) is 0 Å². The van der Waals surface area contributed by atoms with Gasteiger partial charge in [0, 0.05) is 12.7 Å². The predicted molar refractivity (Wildman–Crippen MR) is 64.6 cm³/mol. The Labute approximate surface area is 102 Å². The van der Waals surface area contributed by atoms with E-state index >= 15 is 0 Å². The quantitative estimate of drug-likeness (QED) is 0.593. The Morgan fingerprint density at radius 2 is 2.17 bits per heavy atom. The molecule has 0 radical (unpaired) electrons. The number of carbonyl (C=O) groups excluding carboxylic acids is 1. The maximum atomic E-state index is 11.7. The van der Waals surface area contributed by atoms with Gasteiger partial charge in [0.1, 0.15) is 6.33 Å². The number of benzene rings is 1. The van der Waals surface area contributed by atoms with Crippen LogP contribution in [-0.4, -0.2) is 27.4 Å². The van der Waals surface area contributed by atoms with E-state index in [0.717, 1.165) is 0 Å². The number of nitrogens with two attached hydrogens (primary N) is 1. The van der Waals surface area contributed by atoms with Gasteiger partial charge in [0.15, 0.2) is 0 Å². The second kappa shape index (κ2) is 4.36. The average molecular weight is 248 g/mol. The average Bonchev–Trinajstić information content (AvgIpc) is 2.70. The predicted octanol–water partition coefficient (Wildman–Crippen LogP) is -0.0602. The molecular weight excluding hydrogens is 236 g/mol. The molecule has 2 N–H and O–H groups in total. The lowest BCUT2D eigenvalue weighted by Gasteiger charge is -2.06. The van der Waals surface area contributed by atoms with E-state index in [-0.39, 0.29) is 16.9 Å². The number of hydrogen-bond acceptors (Lipinski definition) is 5. The van der Waals surface area contributed by atoms with Crippen LogP contribution in [0.2, 0.25) is 0 Å². The number of nitrogens with zero attached hydrogens (tertiary/aromatic N) is 3. The highest BCUT2D eigenvalue weighted by Crippen LogP contribution is 2.16. The van der Waals surface area contributed by atoms with Gasteiger partial charge in [0.2, 0.25) is 0 Å². The third-order valence-electron chi connectivity index (χ3n) is 2.51. The SMILES string of the molecule is COC(=O)c1cc(-n2ncn(C)c2=O)ccc1N. The summed E-state index contributed by atoms with van der Waals surface area (Å²) in [5.41, 5.74) is 6.31. The van der Waals surface area contributed by atoms with Crippen LogP contribution in [0.25, 0.3) is 5.69 Å². The van der Waals surface area contributed by atoms with Crippen LogP contribution < -0.4 is 11.4 Å². The fraction of sp³-hybridized carbons (Fsp3) is 0.182. The summed E-state index contributed by atoms with van der Waals surface area (Å²) in [6.07, 6.45) is 1.39. The van der Waals surface area contributed by atoms with Gasteiger partial charge in [-0.1, -0.05) is 0 Å². The van der Waals surface area contributed by atoms with Crippen molar-refractivity contribution in [3.8, 4) is 5.69 Å². The minimum atomic E-state index is -0.557. The maximum absolute atomic E-state index is 11.7. The van der Waals surface area contributed by atoms with Gasteiger partial charge in [0.25, 0.3) is 0 Å². The van der Waals surface area contributed by atoms with Crippen molar-refractivity contribution in [2.24, 2.45) is 7.05 Å². The summed E-state index contributed by atoms with van der Waals surface area (Å²) in [5, 5.41) is 3.92. The Morgan fingerprint density at radius 1 is 1.44 bits per heavy atom. The number of nitrogen functional groups attached to an aromatic ring is 1. The minimum Gasteiger partial charge on any atom is -0.465 e. The van der Waals surface area contributed by atoms with Crippen LogP contribution >= 0.6 is 0 Å². The molecule has 0 saturated carbocycles. The molecule has 0 aliphatic carbocycles. The molecule has 2 aromatic rings. The van der Waals surface area contributed by atoms with Gasteiger partial charge in [0.05, 0.1) is 18.4 Å². The van der Waals surface area contributed by atoms with E-state index in [1.165, 1.54) is 34.8 Å². The number of ether oxygens (including phenoxy) is 1. The van der Waals surface area contributed by atoms with Gasteiger partial charge < -0.3 is 10.5 Å². The normalized spacial score (nSPS) is 10.3. The Balaban J connectivity index is 2.57. The third-order valence-corrected chi connectivity index (χ3v) is 2.51. The van der Waals surface area contributed by atoms with Gasteiger partial charge in [-0.2, -0.15) is 9.78 Å². The number of esters is 1. The highest BCUT2D eigenvalue weighted by molar-refractivity contribution is 5.95. The molecule has 18 heavy (non-hydrogen) atoms. The summed E-state index contributed by atoms with van der Waals surface area (Å²) in [6, 6.07) is 4.61. The van der Waals surface area contributed by atoms with Crippen molar-refractivity contribution in [2.75, 3.05) is 12.8 Å². The molecule has 94 valence electrons. The van der Waals surface area contributed by atoms with Crippen molar-refractivity contribution in [2.45, 2.75) is 0 Å². The van der Waals surface area contributed by atoms with Crippen LogP contribution in [0.1, 0.15) is 10.4 Å². The number of anilines is 1. The lowest BCUT2D eigenvalue weighted by molar-refractivity contribution is 0.0602. The number of rotatable bonds is 2. The zero-order valence-corrected chi connectivity index (χ0v) is 9.95. The van der Waals surface area contributed by atoms with E-state index in [4.69, 9.17) is 5.73 Å². The zero-order chi connectivity index (χ0) is 13.3. The van der Waals surface area contributed by atoms with Crippen LogP contribution in [-0.2, 0) is 11.8 Å². The van der Waals surface area contributed by atoms with E-state index < -0.39 is 5.97 Å². The number of hydrogen-bond donors (Lipinski definition) is 1. The Kier molecular flexibility index (Phi) is 2.88. The third kappa shape index (κ3) is 1.86. The summed E-state index contributed by atoms with van der Waals surface area (Å²) < 4.78 is 7.11. The van der Waals surface area contributed by atoms with Gasteiger partial charge in [-0.25, -0.2) is 9.59 Å². The summed E-state index contributed by atoms with van der Waals surface area (Å²) >= 11 is 0. The Bertz CT molecular complexity index is 657. The molecular formula is C11H12N4O3. The molecule has 1 heterocycles. The molecule has 0 atom stereocenters. The molecule has 1 aromatic carbocycles. The summed E-state index contributed by atoms with van der Waals surface area (Å²) in [4.78, 5) is 23.2. The highest BCUT2D eigenvalue weighted by Gasteiger charge is 2.13. The zero-order valence-electron chi connectivity index (χ0n) is 9.95. The van der Waals surface area contributed by atoms with Crippen LogP contribution in [0.3, 0.4) is 0 Å². The van der Waals surface area contributed by atoms with Crippen molar-refractivity contribution < 1.29 is 9.53 Å². The second-order valence-corrected chi connectivity index (χ2v) is 3.70. The molecule has 2 rings (SSSR count). The van der Waals surface area contributed by atoms with Crippen LogP contribution in [0.5, 0.6) is 0 Å². The van der Waals surface area contributed by atoms with Crippen molar-refractivity contribution in [1.82, 2.24) is 14.3 Å². The van der Waals surface area contributed by atoms with Crippen molar-refractivity contribution >= 4 is 11.7 Å². The second-order valence-electron chi connectivity index (χ2n) is 3.70. The topological polar surface area (TPSA) is 92.1 Å². The first kappa shape index (κ1) is 11.9. The molecule has 0 unspecified atom stereocenters. The molecule has 7 heteroatoms. The van der Waals surface area contributed by atoms with E-state index in [9.17, 15) is 9.59 Å². The van der Waals surface area contributed by atoms with Gasteiger partial charge >= 0.3 is 11.7 Å². The van der Waals surface area contributed by atoms with E-state index in [1.807, 2.05) is 0 Å². The summed E-state index contributed by atoms with van der Waals surface area (Å²) in [5.74, 6) is -0.557. The molecule has 0 spiro atoms. The molecule has 0 saturated heterocycles. The fourth-order valence-corrected chi connectivity index (χ4v) is 1.52. The van der Waals surface area contributed by atoms with Crippen LogP contribution in [0.15, 0.2) is 29.3 Å². The van der Waals surface area contributed by atoms with Crippen LogP contribution in [0, 0.1) is 0 Å². The highest BCUT2D eigenvalue weighted by atomic mass is 16.5. The van der Waals surface area contributed by atoms with Crippen LogP contribution in [0.4, 0.5) is 5.69 Å². The lowest BCUT2D eigenvalue weighted by atomic mass is 10.1. The minimum absolute atomic E-state index is 0.201. The number of carbonyl (C=O) groups is 1. The monoisotopic (exact) mass is 248 g/mol. The molecule has 1 aromatic heterocycles. The maximum Gasteiger partial charge on any atom is 0.350 e. The first-order valence-electron chi connectivity index (χ1n) is 5.13. The fourth-order valence-electron chi connectivity index (χ4n) is 1.52. The van der Waals surface area contributed by atoms with Gasteiger partial charge in [-0.05, 0) is 18.2 Å². The standard InChI is InChI=1S/C11H12N4O3/c1-14-6-13-15(11(14)17)7-3-4-9(12)8(5-7)10(16)18-2/h3-6H,12H2,1-2H3. The number of aryl methyl sites for hydroxylation is 1. The van der Waals surface area contributed by atoms with Crippen molar-refractivity contribution in [1.29, 1.82) is 0 Å². The molecule has 0 amide bonds.